The van der Waals surface area contributed by atoms with Crippen LogP contribution in [0.2, 0.25) is 18.1 Å². The first-order valence-corrected chi connectivity index (χ1v) is 12.9. The second kappa shape index (κ2) is 7.93. The zero-order chi connectivity index (χ0) is 18.8. The van der Waals surface area contributed by atoms with E-state index in [1.165, 1.54) is 0 Å². The van der Waals surface area contributed by atoms with Crippen LogP contribution in [0.4, 0.5) is 0 Å². The molecule has 3 nitrogen and oxygen atoms in total. The van der Waals surface area contributed by atoms with Gasteiger partial charge in [0.25, 0.3) is 0 Å². The molecule has 1 aliphatic carbocycles. The highest BCUT2D eigenvalue weighted by atomic mass is 79.9. The molecule has 1 aliphatic rings. The lowest BCUT2D eigenvalue weighted by molar-refractivity contribution is -0.146. The van der Waals surface area contributed by atoms with Gasteiger partial charge >= 0.3 is 5.97 Å². The van der Waals surface area contributed by atoms with E-state index in [1.54, 1.807) is 0 Å². The Hall–Kier alpha value is -0.653. The smallest absolute Gasteiger partial charge is 0.307 e. The fourth-order valence-electron chi connectivity index (χ4n) is 3.46. The number of halogens is 1. The molecular weight excluding hydrogens is 396 g/mol. The summed E-state index contributed by atoms with van der Waals surface area (Å²) in [7, 11) is -1.86. The van der Waals surface area contributed by atoms with E-state index >= 15 is 0 Å². The van der Waals surface area contributed by atoms with Crippen LogP contribution in [-0.4, -0.2) is 26.0 Å². The predicted molar refractivity (Wildman–Crippen MR) is 108 cm³/mol. The summed E-state index contributed by atoms with van der Waals surface area (Å²) in [6.07, 6.45) is 2.95. The first kappa shape index (κ1) is 20.7. The Morgan fingerprint density at radius 1 is 1.24 bits per heavy atom. The third-order valence-electron chi connectivity index (χ3n) is 6.08. The van der Waals surface area contributed by atoms with Crippen molar-refractivity contribution in [1.29, 1.82) is 0 Å². The Morgan fingerprint density at radius 3 is 2.36 bits per heavy atom. The fraction of sp³-hybridized carbons (Fsp3) is 0.650. The molecule has 1 fully saturated rings. The molecule has 0 spiro atoms. The average Bonchev–Trinajstić information content (AvgIpc) is 2.52. The van der Waals surface area contributed by atoms with Crippen molar-refractivity contribution in [2.75, 3.05) is 6.61 Å². The van der Waals surface area contributed by atoms with Crippen molar-refractivity contribution in [1.82, 2.24) is 0 Å². The van der Waals surface area contributed by atoms with Crippen LogP contribution in [0.5, 0.6) is 0 Å². The number of hydrogen-bond acceptors (Lipinski definition) is 2. The van der Waals surface area contributed by atoms with Gasteiger partial charge in [0.05, 0.1) is 5.92 Å². The lowest BCUT2D eigenvalue weighted by Crippen LogP contribution is -2.44. The highest BCUT2D eigenvalue weighted by molar-refractivity contribution is 9.10. The second-order valence-electron chi connectivity index (χ2n) is 8.78. The SMILES string of the molecule is CC(C)(C)[Si](C)(C)OCC1CCCC(c2ccc(Br)cc2)C1C(=O)O. The Labute approximate surface area is 161 Å². The zero-order valence-electron chi connectivity index (χ0n) is 16.0. The van der Waals surface area contributed by atoms with Gasteiger partial charge in [0, 0.05) is 11.1 Å². The van der Waals surface area contributed by atoms with Crippen molar-refractivity contribution in [3.8, 4) is 0 Å². The molecule has 140 valence electrons. The molecule has 0 aliphatic heterocycles. The number of carbonyl (C=O) groups is 1. The van der Waals surface area contributed by atoms with Gasteiger partial charge in [-0.05, 0) is 60.5 Å². The highest BCUT2D eigenvalue weighted by Gasteiger charge is 2.42. The summed E-state index contributed by atoms with van der Waals surface area (Å²) in [5.41, 5.74) is 1.13. The van der Waals surface area contributed by atoms with Gasteiger partial charge in [-0.2, -0.15) is 0 Å². The van der Waals surface area contributed by atoms with Crippen molar-refractivity contribution in [3.63, 3.8) is 0 Å². The van der Waals surface area contributed by atoms with Gasteiger partial charge in [-0.1, -0.05) is 55.3 Å². The van der Waals surface area contributed by atoms with Crippen molar-refractivity contribution in [2.45, 2.75) is 64.1 Å². The lowest BCUT2D eigenvalue weighted by Gasteiger charge is -2.40. The van der Waals surface area contributed by atoms with Gasteiger partial charge in [-0.25, -0.2) is 0 Å². The summed E-state index contributed by atoms with van der Waals surface area (Å²) in [6.45, 7) is 11.7. The van der Waals surface area contributed by atoms with Crippen LogP contribution in [0.25, 0.3) is 0 Å². The number of hydrogen-bond donors (Lipinski definition) is 1. The maximum atomic E-state index is 12.1. The summed E-state index contributed by atoms with van der Waals surface area (Å²) >= 11 is 3.46. The molecule has 1 aromatic rings. The monoisotopic (exact) mass is 426 g/mol. The van der Waals surface area contributed by atoms with Crippen LogP contribution in [0, 0.1) is 11.8 Å². The molecule has 0 bridgehead atoms. The Balaban J connectivity index is 2.17. The molecule has 0 aromatic heterocycles. The van der Waals surface area contributed by atoms with Crippen molar-refractivity contribution < 1.29 is 14.3 Å². The van der Waals surface area contributed by atoms with E-state index in [-0.39, 0.29) is 22.8 Å². The number of carboxylic acids is 1. The molecule has 5 heteroatoms. The van der Waals surface area contributed by atoms with E-state index in [4.69, 9.17) is 4.43 Å². The van der Waals surface area contributed by atoms with Gasteiger partial charge in [0.2, 0.25) is 0 Å². The molecule has 0 amide bonds. The molecule has 3 atom stereocenters. The van der Waals surface area contributed by atoms with Gasteiger partial charge in [0.15, 0.2) is 8.32 Å². The first-order chi connectivity index (χ1) is 11.5. The summed E-state index contributed by atoms with van der Waals surface area (Å²) in [5, 5.41) is 10.1. The van der Waals surface area contributed by atoms with Crippen molar-refractivity contribution >= 4 is 30.2 Å². The number of aliphatic carboxylic acids is 1. The summed E-state index contributed by atoms with van der Waals surface area (Å²) in [5.74, 6) is -0.877. The zero-order valence-corrected chi connectivity index (χ0v) is 18.6. The average molecular weight is 427 g/mol. The quantitative estimate of drug-likeness (QED) is 0.582. The summed E-state index contributed by atoms with van der Waals surface area (Å²) in [4.78, 5) is 12.1. The lowest BCUT2D eigenvalue weighted by atomic mass is 9.69. The Kier molecular flexibility index (Phi) is 6.55. The van der Waals surface area contributed by atoms with Crippen LogP contribution in [0.15, 0.2) is 28.7 Å². The molecule has 0 radical (unpaired) electrons. The molecule has 0 saturated heterocycles. The van der Waals surface area contributed by atoms with Crippen LogP contribution in [0.3, 0.4) is 0 Å². The van der Waals surface area contributed by atoms with Gasteiger partial charge < -0.3 is 9.53 Å². The van der Waals surface area contributed by atoms with Gasteiger partial charge in [-0.3, -0.25) is 4.79 Å². The minimum atomic E-state index is -1.86. The maximum absolute atomic E-state index is 12.1. The van der Waals surface area contributed by atoms with Gasteiger partial charge in [-0.15, -0.1) is 0 Å². The van der Waals surface area contributed by atoms with Crippen molar-refractivity contribution in [2.24, 2.45) is 11.8 Å². The number of carboxylic acid groups (broad SMARTS) is 1. The summed E-state index contributed by atoms with van der Waals surface area (Å²) in [6, 6.07) is 8.12. The predicted octanol–water partition coefficient (Wildman–Crippen LogP) is 6.06. The standard InChI is InChI=1S/C20H31BrO3Si/c1-20(2,3)25(4,5)24-13-15-7-6-8-17(18(15)19(22)23)14-9-11-16(21)12-10-14/h9-12,15,17-18H,6-8,13H2,1-5H3,(H,22,23). The minimum absolute atomic E-state index is 0.0763. The topological polar surface area (TPSA) is 46.5 Å². The molecule has 3 unspecified atom stereocenters. The van der Waals surface area contributed by atoms with Crippen LogP contribution in [-0.2, 0) is 9.22 Å². The minimum Gasteiger partial charge on any atom is -0.481 e. The normalized spacial score (nSPS) is 25.0. The van der Waals surface area contributed by atoms with E-state index in [0.29, 0.717) is 6.61 Å². The van der Waals surface area contributed by atoms with Crippen LogP contribution >= 0.6 is 15.9 Å². The van der Waals surface area contributed by atoms with E-state index in [2.05, 4.69) is 61.9 Å². The Bertz CT molecular complexity index is 592. The molecule has 2 rings (SSSR count). The van der Waals surface area contributed by atoms with Crippen LogP contribution in [0.1, 0.15) is 51.5 Å². The van der Waals surface area contributed by atoms with E-state index in [0.717, 1.165) is 29.3 Å². The van der Waals surface area contributed by atoms with Crippen LogP contribution < -0.4 is 0 Å². The third kappa shape index (κ3) is 4.95. The molecule has 1 saturated carbocycles. The third-order valence-corrected chi connectivity index (χ3v) is 11.1. The second-order valence-corrected chi connectivity index (χ2v) is 14.5. The number of rotatable bonds is 5. The first-order valence-electron chi connectivity index (χ1n) is 9.15. The molecule has 1 N–H and O–H groups in total. The van der Waals surface area contributed by atoms with E-state index in [9.17, 15) is 9.90 Å². The molecule has 25 heavy (non-hydrogen) atoms. The van der Waals surface area contributed by atoms with Crippen molar-refractivity contribution in [3.05, 3.63) is 34.3 Å². The highest BCUT2D eigenvalue weighted by Crippen LogP contribution is 2.43. The number of benzene rings is 1. The van der Waals surface area contributed by atoms with Gasteiger partial charge in [0.1, 0.15) is 0 Å². The molecule has 1 aromatic carbocycles. The largest absolute Gasteiger partial charge is 0.481 e. The Morgan fingerprint density at radius 2 is 1.84 bits per heavy atom. The van der Waals surface area contributed by atoms with E-state index in [1.807, 2.05) is 12.1 Å². The summed E-state index contributed by atoms with van der Waals surface area (Å²) < 4.78 is 7.41. The molecular formula is C20H31BrO3Si. The maximum Gasteiger partial charge on any atom is 0.307 e. The fourth-order valence-corrected chi connectivity index (χ4v) is 4.79. The van der Waals surface area contributed by atoms with E-state index < -0.39 is 14.3 Å². The molecule has 0 heterocycles.